The Labute approximate surface area is 144 Å². The number of carbonyl (C=O) groups excluding carboxylic acids is 2. The number of methoxy groups -OCH3 is 1. The Kier molecular flexibility index (Phi) is 7.25. The third-order valence-corrected chi connectivity index (χ3v) is 4.65. The van der Waals surface area contributed by atoms with Gasteiger partial charge >= 0.3 is 5.97 Å². The number of esters is 1. The molecule has 1 aromatic carbocycles. The van der Waals surface area contributed by atoms with Gasteiger partial charge in [0.1, 0.15) is 0 Å². The highest BCUT2D eigenvalue weighted by Crippen LogP contribution is 2.19. The highest BCUT2D eigenvalue weighted by atomic mass is 16.5. The molecule has 1 amide bonds. The summed E-state index contributed by atoms with van der Waals surface area (Å²) in [6, 6.07) is 10.7. The number of ether oxygens (including phenoxy) is 1. The van der Waals surface area contributed by atoms with Crippen LogP contribution in [0, 0.1) is 0 Å². The van der Waals surface area contributed by atoms with Gasteiger partial charge in [0.05, 0.1) is 13.5 Å². The lowest BCUT2D eigenvalue weighted by molar-refractivity contribution is -0.142. The maximum absolute atomic E-state index is 12.2. The predicted octanol–water partition coefficient (Wildman–Crippen LogP) is 2.45. The minimum Gasteiger partial charge on any atom is -0.469 e. The van der Waals surface area contributed by atoms with Crippen molar-refractivity contribution < 1.29 is 14.3 Å². The highest BCUT2D eigenvalue weighted by molar-refractivity contribution is 5.77. The Morgan fingerprint density at radius 1 is 1.21 bits per heavy atom. The zero-order chi connectivity index (χ0) is 17.4. The molecule has 0 unspecified atom stereocenters. The molecule has 2 rings (SSSR count). The van der Waals surface area contributed by atoms with E-state index < -0.39 is 0 Å². The van der Waals surface area contributed by atoms with Crippen LogP contribution < -0.4 is 0 Å². The summed E-state index contributed by atoms with van der Waals surface area (Å²) in [5.74, 6) is -0.133. The van der Waals surface area contributed by atoms with Crippen LogP contribution in [0.1, 0.15) is 38.2 Å². The van der Waals surface area contributed by atoms with Crippen LogP contribution in [0.4, 0.5) is 0 Å². The first-order chi connectivity index (χ1) is 11.6. The van der Waals surface area contributed by atoms with Crippen LogP contribution in [-0.4, -0.2) is 54.5 Å². The number of piperidine rings is 1. The number of hydrogen-bond donors (Lipinski definition) is 0. The lowest BCUT2D eigenvalue weighted by Crippen LogP contribution is -2.47. The van der Waals surface area contributed by atoms with Gasteiger partial charge in [-0.2, -0.15) is 0 Å². The Morgan fingerprint density at radius 2 is 1.88 bits per heavy atom. The van der Waals surface area contributed by atoms with Crippen molar-refractivity contribution in [3.8, 4) is 0 Å². The number of nitrogens with zero attached hydrogens (tertiary/aromatic N) is 2. The maximum atomic E-state index is 12.2. The number of benzene rings is 1. The molecule has 1 aliphatic heterocycles. The van der Waals surface area contributed by atoms with Gasteiger partial charge in [0.15, 0.2) is 0 Å². The average Bonchev–Trinajstić information content (AvgIpc) is 2.63. The monoisotopic (exact) mass is 332 g/mol. The van der Waals surface area contributed by atoms with Crippen LogP contribution in [0.5, 0.6) is 0 Å². The van der Waals surface area contributed by atoms with Crippen molar-refractivity contribution in [3.63, 3.8) is 0 Å². The first-order valence-electron chi connectivity index (χ1n) is 8.76. The second-order valence-electron chi connectivity index (χ2n) is 6.26. The highest BCUT2D eigenvalue weighted by Gasteiger charge is 2.27. The van der Waals surface area contributed by atoms with Gasteiger partial charge in [0.25, 0.3) is 0 Å². The van der Waals surface area contributed by atoms with Gasteiger partial charge in [0.2, 0.25) is 5.91 Å². The molecule has 0 N–H and O–H groups in total. The van der Waals surface area contributed by atoms with Gasteiger partial charge < -0.3 is 9.64 Å². The molecule has 0 radical (unpaired) electrons. The fraction of sp³-hybridized carbons (Fsp3) is 0.579. The van der Waals surface area contributed by atoms with Gasteiger partial charge in [-0.15, -0.1) is 0 Å². The standard InChI is InChI=1S/C19H28N2O3/c1-3-18(22)21(14-11-19(23)24-2)17-9-12-20(13-10-17)15-16-7-5-4-6-8-16/h4-8,17H,3,9-15H2,1-2H3. The van der Waals surface area contributed by atoms with Crippen molar-refractivity contribution in [2.75, 3.05) is 26.7 Å². The molecule has 1 fully saturated rings. The second-order valence-corrected chi connectivity index (χ2v) is 6.26. The third kappa shape index (κ3) is 5.34. The summed E-state index contributed by atoms with van der Waals surface area (Å²) in [7, 11) is 1.39. The van der Waals surface area contributed by atoms with Gasteiger partial charge in [-0.05, 0) is 18.4 Å². The van der Waals surface area contributed by atoms with Crippen molar-refractivity contribution in [1.29, 1.82) is 0 Å². The van der Waals surface area contributed by atoms with Crippen molar-refractivity contribution in [2.24, 2.45) is 0 Å². The zero-order valence-corrected chi connectivity index (χ0v) is 14.7. The lowest BCUT2D eigenvalue weighted by Gasteiger charge is -2.38. The van der Waals surface area contributed by atoms with E-state index in [2.05, 4.69) is 29.2 Å². The first kappa shape index (κ1) is 18.5. The Morgan fingerprint density at radius 3 is 2.46 bits per heavy atom. The zero-order valence-electron chi connectivity index (χ0n) is 14.7. The summed E-state index contributed by atoms with van der Waals surface area (Å²) >= 11 is 0. The van der Waals surface area contributed by atoms with Crippen molar-refractivity contribution in [2.45, 2.75) is 45.2 Å². The molecule has 1 aromatic rings. The topological polar surface area (TPSA) is 49.9 Å². The van der Waals surface area contributed by atoms with E-state index >= 15 is 0 Å². The van der Waals surface area contributed by atoms with Gasteiger partial charge in [0, 0.05) is 38.6 Å². The quantitative estimate of drug-likeness (QED) is 0.720. The Bertz CT molecular complexity index is 525. The minimum atomic E-state index is -0.259. The van der Waals surface area contributed by atoms with Crippen molar-refractivity contribution in [3.05, 3.63) is 35.9 Å². The Balaban J connectivity index is 1.87. The molecule has 0 saturated carbocycles. The van der Waals surface area contributed by atoms with Crippen LogP contribution >= 0.6 is 0 Å². The van der Waals surface area contributed by atoms with Crippen LogP contribution in [0.15, 0.2) is 30.3 Å². The summed E-state index contributed by atoms with van der Waals surface area (Å²) in [6.07, 6.45) is 2.66. The smallest absolute Gasteiger partial charge is 0.307 e. The number of rotatable bonds is 7. The van der Waals surface area contributed by atoms with Crippen LogP contribution in [-0.2, 0) is 20.9 Å². The largest absolute Gasteiger partial charge is 0.469 e. The number of amides is 1. The number of carbonyl (C=O) groups is 2. The summed E-state index contributed by atoms with van der Waals surface area (Å²) in [5, 5.41) is 0. The number of likely N-dealkylation sites (tertiary alicyclic amines) is 1. The van der Waals surface area contributed by atoms with Gasteiger partial charge in [-0.1, -0.05) is 37.3 Å². The van der Waals surface area contributed by atoms with E-state index in [9.17, 15) is 9.59 Å². The second kappa shape index (κ2) is 9.42. The third-order valence-electron chi connectivity index (χ3n) is 4.65. The molecule has 0 aromatic heterocycles. The fourth-order valence-electron chi connectivity index (χ4n) is 3.26. The molecule has 132 valence electrons. The molecule has 0 aliphatic carbocycles. The maximum Gasteiger partial charge on any atom is 0.307 e. The molecule has 0 bridgehead atoms. The Hall–Kier alpha value is -1.88. The lowest BCUT2D eigenvalue weighted by atomic mass is 10.0. The van der Waals surface area contributed by atoms with E-state index in [4.69, 9.17) is 4.74 Å². The summed E-state index contributed by atoms with van der Waals surface area (Å²) in [5.41, 5.74) is 1.32. The molecule has 0 atom stereocenters. The summed E-state index contributed by atoms with van der Waals surface area (Å²) in [4.78, 5) is 28.0. The van der Waals surface area contributed by atoms with E-state index in [0.717, 1.165) is 32.5 Å². The number of hydrogen-bond acceptors (Lipinski definition) is 4. The van der Waals surface area contributed by atoms with E-state index in [0.29, 0.717) is 13.0 Å². The molecule has 1 saturated heterocycles. The van der Waals surface area contributed by atoms with Crippen LogP contribution in [0.2, 0.25) is 0 Å². The van der Waals surface area contributed by atoms with E-state index in [-0.39, 0.29) is 24.3 Å². The van der Waals surface area contributed by atoms with Crippen molar-refractivity contribution >= 4 is 11.9 Å². The van der Waals surface area contributed by atoms with Gasteiger partial charge in [-0.3, -0.25) is 14.5 Å². The first-order valence-corrected chi connectivity index (χ1v) is 8.76. The van der Waals surface area contributed by atoms with Crippen molar-refractivity contribution in [1.82, 2.24) is 9.80 Å². The average molecular weight is 332 g/mol. The van der Waals surface area contributed by atoms with E-state index in [1.165, 1.54) is 12.7 Å². The van der Waals surface area contributed by atoms with Gasteiger partial charge in [-0.25, -0.2) is 0 Å². The van der Waals surface area contributed by atoms with Crippen LogP contribution in [0.3, 0.4) is 0 Å². The summed E-state index contributed by atoms with van der Waals surface area (Å²) < 4.78 is 4.70. The molecular formula is C19H28N2O3. The SMILES string of the molecule is CCC(=O)N(CCC(=O)OC)C1CCN(Cc2ccccc2)CC1. The molecule has 5 heteroatoms. The van der Waals surface area contributed by atoms with E-state index in [1.54, 1.807) is 0 Å². The molecular weight excluding hydrogens is 304 g/mol. The molecule has 1 heterocycles. The predicted molar refractivity (Wildman–Crippen MR) is 93.4 cm³/mol. The fourth-order valence-corrected chi connectivity index (χ4v) is 3.26. The molecule has 5 nitrogen and oxygen atoms in total. The minimum absolute atomic E-state index is 0.125. The molecule has 24 heavy (non-hydrogen) atoms. The summed E-state index contributed by atoms with van der Waals surface area (Å²) in [6.45, 7) is 5.24. The normalized spacial score (nSPS) is 15.9. The van der Waals surface area contributed by atoms with Crippen LogP contribution in [0.25, 0.3) is 0 Å². The molecule has 1 aliphatic rings. The van der Waals surface area contributed by atoms with E-state index in [1.807, 2.05) is 17.9 Å². The molecule has 0 spiro atoms.